The van der Waals surface area contributed by atoms with Crippen LogP contribution >= 0.6 is 39.9 Å². The van der Waals surface area contributed by atoms with E-state index in [1.54, 1.807) is 0 Å². The van der Waals surface area contributed by atoms with Crippen molar-refractivity contribution in [2.75, 3.05) is 26.2 Å². The summed E-state index contributed by atoms with van der Waals surface area (Å²) in [6, 6.07) is 14.0. The van der Waals surface area contributed by atoms with Crippen LogP contribution in [-0.4, -0.2) is 43.1 Å². The van der Waals surface area contributed by atoms with Crippen molar-refractivity contribution in [1.29, 1.82) is 0 Å². The second-order valence-electron chi connectivity index (χ2n) is 6.31. The van der Waals surface area contributed by atoms with Crippen LogP contribution < -0.4 is 10.1 Å². The molecule has 1 aromatic carbocycles. The normalized spacial score (nSPS) is 15.3. The van der Waals surface area contributed by atoms with Crippen LogP contribution in [0.15, 0.2) is 56.5 Å². The molecule has 1 aromatic heterocycles. The first-order valence-corrected chi connectivity index (χ1v) is 10.0. The molecule has 27 heavy (non-hydrogen) atoms. The summed E-state index contributed by atoms with van der Waals surface area (Å²) in [7, 11) is 0. The molecule has 0 spiro atoms. The van der Waals surface area contributed by atoms with Gasteiger partial charge in [-0.2, -0.15) is 0 Å². The highest BCUT2D eigenvalue weighted by Crippen LogP contribution is 2.19. The van der Waals surface area contributed by atoms with E-state index in [4.69, 9.17) is 14.1 Å². The molecule has 0 unspecified atom stereocenters. The van der Waals surface area contributed by atoms with E-state index >= 15 is 0 Å². The van der Waals surface area contributed by atoms with E-state index in [2.05, 4.69) is 33.1 Å². The van der Waals surface area contributed by atoms with Crippen molar-refractivity contribution in [2.45, 2.75) is 32.3 Å². The Kier molecular flexibility index (Phi) is 9.47. The predicted octanol–water partition coefficient (Wildman–Crippen LogP) is 4.71. The number of para-hydroxylation sites is 1. The van der Waals surface area contributed by atoms with E-state index in [0.717, 1.165) is 61.0 Å². The van der Waals surface area contributed by atoms with Gasteiger partial charge in [0.15, 0.2) is 10.6 Å². The molecule has 5 nitrogen and oxygen atoms in total. The maximum Gasteiger partial charge on any atom is 0.193 e. The lowest BCUT2D eigenvalue weighted by atomic mass is 10.1. The minimum atomic E-state index is 0. The van der Waals surface area contributed by atoms with Gasteiger partial charge in [-0.1, -0.05) is 18.2 Å². The summed E-state index contributed by atoms with van der Waals surface area (Å²) < 4.78 is 12.4. The van der Waals surface area contributed by atoms with Crippen molar-refractivity contribution >= 4 is 45.9 Å². The molecular weight excluding hydrogens is 521 g/mol. The average molecular weight is 548 g/mol. The minimum absolute atomic E-state index is 0. The Morgan fingerprint density at radius 2 is 1.96 bits per heavy atom. The molecule has 1 fully saturated rings. The van der Waals surface area contributed by atoms with Crippen LogP contribution in [0.2, 0.25) is 0 Å². The van der Waals surface area contributed by atoms with Crippen molar-refractivity contribution < 1.29 is 9.15 Å². The molecule has 0 radical (unpaired) electrons. The Bertz CT molecular complexity index is 700. The van der Waals surface area contributed by atoms with Gasteiger partial charge in [0.1, 0.15) is 17.6 Å². The third kappa shape index (κ3) is 7.03. The molecule has 1 aliphatic rings. The smallest absolute Gasteiger partial charge is 0.193 e. The first kappa shape index (κ1) is 22.1. The molecule has 0 aliphatic carbocycles. The Balaban J connectivity index is 0.00000261. The van der Waals surface area contributed by atoms with Crippen LogP contribution in [-0.2, 0) is 6.42 Å². The zero-order valence-corrected chi connectivity index (χ0v) is 19.5. The highest BCUT2D eigenvalue weighted by atomic mass is 127. The number of likely N-dealkylation sites (tertiary alicyclic amines) is 1. The fraction of sp³-hybridized carbons (Fsp3) is 0.450. The standard InChI is InChI=1S/C20H26BrN3O2.HI/c1-2-22-20(23-13-10-17-8-9-19(21)26-17)24-14-11-18(12-15-24)25-16-6-4-3-5-7-16;/h3-9,18H,2,10-15H2,1H3,(H,22,23);1H. The molecule has 2 heterocycles. The number of hydrogen-bond acceptors (Lipinski definition) is 3. The fourth-order valence-electron chi connectivity index (χ4n) is 3.06. The van der Waals surface area contributed by atoms with Crippen molar-refractivity contribution in [3.05, 3.63) is 52.9 Å². The van der Waals surface area contributed by atoms with Gasteiger partial charge in [-0.25, -0.2) is 0 Å². The topological polar surface area (TPSA) is 50.0 Å². The van der Waals surface area contributed by atoms with E-state index in [0.29, 0.717) is 6.54 Å². The van der Waals surface area contributed by atoms with E-state index in [1.807, 2.05) is 42.5 Å². The second-order valence-corrected chi connectivity index (χ2v) is 7.09. The maximum atomic E-state index is 6.08. The van der Waals surface area contributed by atoms with Gasteiger partial charge >= 0.3 is 0 Å². The van der Waals surface area contributed by atoms with Gasteiger partial charge in [0, 0.05) is 45.4 Å². The van der Waals surface area contributed by atoms with E-state index in [-0.39, 0.29) is 30.1 Å². The molecule has 2 aromatic rings. The summed E-state index contributed by atoms with van der Waals surface area (Å²) in [6.45, 7) is 5.59. The number of ether oxygens (including phenoxy) is 1. The minimum Gasteiger partial charge on any atom is -0.490 e. The molecule has 1 aliphatic heterocycles. The van der Waals surface area contributed by atoms with Gasteiger partial charge in [-0.15, -0.1) is 24.0 Å². The number of benzene rings is 1. The van der Waals surface area contributed by atoms with Gasteiger partial charge in [-0.3, -0.25) is 4.99 Å². The number of furan rings is 1. The molecule has 1 N–H and O–H groups in total. The van der Waals surface area contributed by atoms with Crippen molar-refractivity contribution in [1.82, 2.24) is 10.2 Å². The van der Waals surface area contributed by atoms with Crippen LogP contribution in [0.5, 0.6) is 5.75 Å². The summed E-state index contributed by atoms with van der Waals surface area (Å²) in [5.74, 6) is 2.89. The Labute approximate surface area is 186 Å². The second kappa shape index (κ2) is 11.6. The number of hydrogen-bond donors (Lipinski definition) is 1. The summed E-state index contributed by atoms with van der Waals surface area (Å²) in [4.78, 5) is 7.09. The number of nitrogens with zero attached hydrogens (tertiary/aromatic N) is 2. The van der Waals surface area contributed by atoms with Crippen molar-refractivity contribution in [2.24, 2.45) is 4.99 Å². The van der Waals surface area contributed by atoms with Crippen LogP contribution in [0.25, 0.3) is 0 Å². The third-order valence-corrected chi connectivity index (χ3v) is 4.80. The molecule has 0 atom stereocenters. The fourth-order valence-corrected chi connectivity index (χ4v) is 3.40. The van der Waals surface area contributed by atoms with Gasteiger partial charge in [0.25, 0.3) is 0 Å². The molecule has 0 bridgehead atoms. The Morgan fingerprint density at radius 3 is 2.59 bits per heavy atom. The monoisotopic (exact) mass is 547 g/mol. The zero-order chi connectivity index (χ0) is 18.2. The first-order chi connectivity index (χ1) is 12.7. The summed E-state index contributed by atoms with van der Waals surface area (Å²) in [5, 5.41) is 3.40. The lowest BCUT2D eigenvalue weighted by Gasteiger charge is -2.34. The van der Waals surface area contributed by atoms with Gasteiger partial charge < -0.3 is 19.4 Å². The molecule has 148 valence electrons. The molecule has 0 saturated carbocycles. The number of piperidine rings is 1. The summed E-state index contributed by atoms with van der Waals surface area (Å²) in [6.07, 6.45) is 3.08. The lowest BCUT2D eigenvalue weighted by Crippen LogP contribution is -2.47. The molecule has 7 heteroatoms. The Hall–Kier alpha value is -1.22. The largest absolute Gasteiger partial charge is 0.490 e. The van der Waals surface area contributed by atoms with Crippen LogP contribution in [0.3, 0.4) is 0 Å². The third-order valence-electron chi connectivity index (χ3n) is 4.37. The van der Waals surface area contributed by atoms with E-state index in [9.17, 15) is 0 Å². The SMILES string of the molecule is CCNC(=NCCc1ccc(Br)o1)N1CCC(Oc2ccccc2)CC1.I. The first-order valence-electron chi connectivity index (χ1n) is 9.24. The Morgan fingerprint density at radius 1 is 1.22 bits per heavy atom. The van der Waals surface area contributed by atoms with Gasteiger partial charge in [0.2, 0.25) is 0 Å². The van der Waals surface area contributed by atoms with E-state index < -0.39 is 0 Å². The molecule has 1 saturated heterocycles. The van der Waals surface area contributed by atoms with E-state index in [1.165, 1.54) is 0 Å². The number of nitrogens with one attached hydrogen (secondary N) is 1. The summed E-state index contributed by atoms with van der Waals surface area (Å²) in [5.41, 5.74) is 0. The molecule has 3 rings (SSSR count). The number of guanidine groups is 1. The number of halogens is 2. The van der Waals surface area contributed by atoms with Crippen molar-refractivity contribution in [3.8, 4) is 5.75 Å². The average Bonchev–Trinajstić information content (AvgIpc) is 3.08. The van der Waals surface area contributed by atoms with Crippen LogP contribution in [0.4, 0.5) is 0 Å². The van der Waals surface area contributed by atoms with Gasteiger partial charge in [0.05, 0.1) is 0 Å². The summed E-state index contributed by atoms with van der Waals surface area (Å²) >= 11 is 3.33. The zero-order valence-electron chi connectivity index (χ0n) is 15.6. The number of aliphatic imine (C=N–C) groups is 1. The highest BCUT2D eigenvalue weighted by molar-refractivity contribution is 14.0. The van der Waals surface area contributed by atoms with Crippen LogP contribution in [0, 0.1) is 0 Å². The predicted molar refractivity (Wildman–Crippen MR) is 123 cm³/mol. The number of rotatable bonds is 6. The molecule has 0 amide bonds. The molecular formula is C20H27BrIN3O2. The quantitative estimate of drug-likeness (QED) is 0.323. The van der Waals surface area contributed by atoms with Crippen LogP contribution in [0.1, 0.15) is 25.5 Å². The lowest BCUT2D eigenvalue weighted by molar-refractivity contribution is 0.129. The highest BCUT2D eigenvalue weighted by Gasteiger charge is 2.22. The van der Waals surface area contributed by atoms with Gasteiger partial charge in [-0.05, 0) is 47.1 Å². The maximum absolute atomic E-state index is 6.08. The van der Waals surface area contributed by atoms with Crippen molar-refractivity contribution in [3.63, 3.8) is 0 Å².